The zero-order valence-corrected chi connectivity index (χ0v) is 16.9. The van der Waals surface area contributed by atoms with Crippen molar-refractivity contribution in [3.63, 3.8) is 0 Å². The molecular formula is C19H22BrN3OS. The van der Waals surface area contributed by atoms with Crippen LogP contribution in [0.1, 0.15) is 25.1 Å². The Kier molecular flexibility index (Phi) is 6.39. The Hall–Kier alpha value is -1.50. The number of aryl methyl sites for hydroxylation is 1. The minimum Gasteiger partial charge on any atom is -0.382 e. The summed E-state index contributed by atoms with van der Waals surface area (Å²) in [6, 6.07) is 8.46. The van der Waals surface area contributed by atoms with Gasteiger partial charge in [0, 0.05) is 34.7 Å². The van der Waals surface area contributed by atoms with E-state index in [1.54, 1.807) is 17.7 Å². The van der Waals surface area contributed by atoms with Crippen molar-refractivity contribution < 1.29 is 4.74 Å². The van der Waals surface area contributed by atoms with Crippen LogP contribution in [0.5, 0.6) is 0 Å². The lowest BCUT2D eigenvalue weighted by Crippen LogP contribution is -2.07. The van der Waals surface area contributed by atoms with E-state index < -0.39 is 0 Å². The van der Waals surface area contributed by atoms with E-state index in [1.807, 2.05) is 6.92 Å². The number of thiophene rings is 1. The molecule has 2 heterocycles. The smallest absolute Gasteiger partial charge is 0.138 e. The standard InChI is InChI=1S/C19H22BrN3OS/c1-3-15-16(13-6-8-14(20)9-7-13)17-18(21-10-5-11-24-4-2)22-12-23-19(17)25-15/h6-9,12H,3-5,10-11H2,1-2H3,(H,21,22,23). The van der Waals surface area contributed by atoms with Crippen LogP contribution >= 0.6 is 27.3 Å². The molecule has 0 amide bonds. The number of anilines is 1. The first-order chi connectivity index (χ1) is 12.2. The maximum absolute atomic E-state index is 5.41. The van der Waals surface area contributed by atoms with E-state index in [1.165, 1.54) is 16.0 Å². The Morgan fingerprint density at radius 1 is 1.16 bits per heavy atom. The summed E-state index contributed by atoms with van der Waals surface area (Å²) in [4.78, 5) is 11.4. The molecule has 0 aliphatic carbocycles. The fourth-order valence-electron chi connectivity index (χ4n) is 2.81. The highest BCUT2D eigenvalue weighted by molar-refractivity contribution is 9.10. The van der Waals surface area contributed by atoms with Gasteiger partial charge in [0.25, 0.3) is 0 Å². The third-order valence-corrected chi connectivity index (χ3v) is 5.75. The molecule has 0 aliphatic rings. The first-order valence-corrected chi connectivity index (χ1v) is 10.2. The predicted molar refractivity (Wildman–Crippen MR) is 110 cm³/mol. The molecule has 0 bridgehead atoms. The van der Waals surface area contributed by atoms with E-state index in [9.17, 15) is 0 Å². The van der Waals surface area contributed by atoms with Crippen LogP contribution in [0.2, 0.25) is 0 Å². The minimum absolute atomic E-state index is 0.760. The molecule has 0 fully saturated rings. The maximum Gasteiger partial charge on any atom is 0.138 e. The molecule has 3 rings (SSSR count). The van der Waals surface area contributed by atoms with Crippen LogP contribution in [0.15, 0.2) is 35.1 Å². The summed E-state index contributed by atoms with van der Waals surface area (Å²) in [6.07, 6.45) is 3.59. The zero-order chi connectivity index (χ0) is 17.6. The Labute approximate surface area is 160 Å². The molecule has 0 radical (unpaired) electrons. The summed E-state index contributed by atoms with van der Waals surface area (Å²) in [5.74, 6) is 0.912. The number of hydrogen-bond acceptors (Lipinski definition) is 5. The fraction of sp³-hybridized carbons (Fsp3) is 0.368. The minimum atomic E-state index is 0.760. The Morgan fingerprint density at radius 3 is 2.68 bits per heavy atom. The average molecular weight is 420 g/mol. The molecule has 25 heavy (non-hydrogen) atoms. The van der Waals surface area contributed by atoms with Crippen LogP contribution in [-0.2, 0) is 11.2 Å². The van der Waals surface area contributed by atoms with E-state index >= 15 is 0 Å². The van der Waals surface area contributed by atoms with Crippen molar-refractivity contribution >= 4 is 43.3 Å². The number of nitrogens with zero attached hydrogens (tertiary/aromatic N) is 2. The third kappa shape index (κ3) is 4.19. The highest BCUT2D eigenvalue weighted by atomic mass is 79.9. The van der Waals surface area contributed by atoms with E-state index in [0.717, 1.165) is 53.1 Å². The van der Waals surface area contributed by atoms with Gasteiger partial charge in [-0.15, -0.1) is 11.3 Å². The molecule has 0 saturated carbocycles. The maximum atomic E-state index is 5.41. The highest BCUT2D eigenvalue weighted by Crippen LogP contribution is 2.41. The zero-order valence-electron chi connectivity index (χ0n) is 14.5. The van der Waals surface area contributed by atoms with E-state index in [-0.39, 0.29) is 0 Å². The quantitative estimate of drug-likeness (QED) is 0.488. The summed E-state index contributed by atoms with van der Waals surface area (Å²) in [5, 5.41) is 4.60. The van der Waals surface area contributed by atoms with Gasteiger partial charge >= 0.3 is 0 Å². The number of benzene rings is 1. The van der Waals surface area contributed by atoms with Crippen molar-refractivity contribution in [1.29, 1.82) is 0 Å². The number of nitrogens with one attached hydrogen (secondary N) is 1. The molecule has 0 unspecified atom stereocenters. The summed E-state index contributed by atoms with van der Waals surface area (Å²) >= 11 is 5.27. The number of halogens is 1. The number of hydrogen-bond donors (Lipinski definition) is 1. The van der Waals surface area contributed by atoms with Crippen LogP contribution in [0.25, 0.3) is 21.3 Å². The first kappa shape index (κ1) is 18.3. The summed E-state index contributed by atoms with van der Waals surface area (Å²) < 4.78 is 6.49. The summed E-state index contributed by atoms with van der Waals surface area (Å²) in [7, 11) is 0. The SMILES string of the molecule is CCOCCCNc1ncnc2sc(CC)c(-c3ccc(Br)cc3)c12. The van der Waals surface area contributed by atoms with Gasteiger partial charge in [-0.25, -0.2) is 9.97 Å². The number of ether oxygens (including phenoxy) is 1. The average Bonchev–Trinajstić information content (AvgIpc) is 3.01. The second-order valence-corrected chi connectivity index (χ2v) is 7.64. The first-order valence-electron chi connectivity index (χ1n) is 8.58. The number of rotatable bonds is 8. The van der Waals surface area contributed by atoms with Gasteiger partial charge in [-0.3, -0.25) is 0 Å². The Balaban J connectivity index is 1.98. The molecular weight excluding hydrogens is 398 g/mol. The van der Waals surface area contributed by atoms with Gasteiger partial charge in [0.2, 0.25) is 0 Å². The van der Waals surface area contributed by atoms with Gasteiger partial charge in [-0.05, 0) is 37.5 Å². The molecule has 6 heteroatoms. The molecule has 2 aromatic heterocycles. The number of aromatic nitrogens is 2. The molecule has 3 aromatic rings. The van der Waals surface area contributed by atoms with Crippen LogP contribution in [0.3, 0.4) is 0 Å². The molecule has 0 saturated heterocycles. The molecule has 132 valence electrons. The van der Waals surface area contributed by atoms with Crippen LogP contribution in [-0.4, -0.2) is 29.7 Å². The molecule has 0 spiro atoms. The van der Waals surface area contributed by atoms with Crippen LogP contribution < -0.4 is 5.32 Å². The summed E-state index contributed by atoms with van der Waals surface area (Å²) in [5.41, 5.74) is 2.46. The van der Waals surface area contributed by atoms with Gasteiger partial charge in [0.1, 0.15) is 17.0 Å². The molecule has 1 N–H and O–H groups in total. The van der Waals surface area contributed by atoms with E-state index in [0.29, 0.717) is 0 Å². The molecule has 4 nitrogen and oxygen atoms in total. The van der Waals surface area contributed by atoms with Crippen molar-refractivity contribution in [2.24, 2.45) is 0 Å². The molecule has 0 aliphatic heterocycles. The fourth-order valence-corrected chi connectivity index (χ4v) is 4.17. The number of fused-ring (bicyclic) bond motifs is 1. The van der Waals surface area contributed by atoms with Crippen molar-refractivity contribution in [3.8, 4) is 11.1 Å². The Morgan fingerprint density at radius 2 is 1.96 bits per heavy atom. The lowest BCUT2D eigenvalue weighted by Gasteiger charge is -2.09. The van der Waals surface area contributed by atoms with Gasteiger partial charge in [0.15, 0.2) is 0 Å². The largest absolute Gasteiger partial charge is 0.382 e. The monoisotopic (exact) mass is 419 g/mol. The predicted octanol–water partition coefficient (Wildman–Crippen LogP) is 5.52. The van der Waals surface area contributed by atoms with E-state index in [2.05, 4.69) is 62.4 Å². The Bertz CT molecular complexity index is 833. The normalized spacial score (nSPS) is 11.2. The van der Waals surface area contributed by atoms with Crippen molar-refractivity contribution in [3.05, 3.63) is 39.9 Å². The second-order valence-electron chi connectivity index (χ2n) is 5.64. The summed E-state index contributed by atoms with van der Waals surface area (Å²) in [6.45, 7) is 6.57. The van der Waals surface area contributed by atoms with Gasteiger partial charge in [0.05, 0.1) is 5.39 Å². The molecule has 0 atom stereocenters. The van der Waals surface area contributed by atoms with Crippen molar-refractivity contribution in [2.75, 3.05) is 25.1 Å². The van der Waals surface area contributed by atoms with Gasteiger partial charge in [-0.2, -0.15) is 0 Å². The van der Waals surface area contributed by atoms with Crippen molar-refractivity contribution in [2.45, 2.75) is 26.7 Å². The van der Waals surface area contributed by atoms with Crippen LogP contribution in [0, 0.1) is 0 Å². The lowest BCUT2D eigenvalue weighted by molar-refractivity contribution is 0.147. The topological polar surface area (TPSA) is 47.0 Å². The van der Waals surface area contributed by atoms with Crippen molar-refractivity contribution in [1.82, 2.24) is 9.97 Å². The molecule has 1 aromatic carbocycles. The van der Waals surface area contributed by atoms with E-state index in [4.69, 9.17) is 4.74 Å². The second kappa shape index (κ2) is 8.74. The van der Waals surface area contributed by atoms with Gasteiger partial charge < -0.3 is 10.1 Å². The van der Waals surface area contributed by atoms with Crippen LogP contribution in [0.4, 0.5) is 5.82 Å². The highest BCUT2D eigenvalue weighted by Gasteiger charge is 2.17. The van der Waals surface area contributed by atoms with Gasteiger partial charge in [-0.1, -0.05) is 35.0 Å². The lowest BCUT2D eigenvalue weighted by atomic mass is 10.0. The third-order valence-electron chi connectivity index (χ3n) is 3.98.